The van der Waals surface area contributed by atoms with Crippen molar-refractivity contribution in [2.24, 2.45) is 0 Å². The predicted molar refractivity (Wildman–Crippen MR) is 80.1 cm³/mol. The van der Waals surface area contributed by atoms with E-state index in [4.69, 9.17) is 16.0 Å². The lowest BCUT2D eigenvalue weighted by Crippen LogP contribution is -2.17. The van der Waals surface area contributed by atoms with Gasteiger partial charge in [-0.2, -0.15) is 0 Å². The van der Waals surface area contributed by atoms with E-state index in [0.717, 1.165) is 32.6 Å². The number of furan rings is 1. The summed E-state index contributed by atoms with van der Waals surface area (Å²) in [6.07, 6.45) is 2.53. The molecule has 2 heterocycles. The van der Waals surface area contributed by atoms with Gasteiger partial charge in [-0.3, -0.25) is 0 Å². The molecule has 1 N–H and O–H groups in total. The summed E-state index contributed by atoms with van der Waals surface area (Å²) in [5, 5.41) is 5.05. The van der Waals surface area contributed by atoms with E-state index in [1.807, 2.05) is 30.3 Å². The molecule has 0 fully saturated rings. The number of benzene rings is 1. The summed E-state index contributed by atoms with van der Waals surface area (Å²) in [5.74, 6) is 0.976. The minimum absolute atomic E-state index is 0.266. The highest BCUT2D eigenvalue weighted by Gasteiger charge is 2.09. The summed E-state index contributed by atoms with van der Waals surface area (Å²) in [7, 11) is 0. The molecular weight excluding hydrogens is 280 g/mol. The third kappa shape index (κ3) is 2.91. The second kappa shape index (κ2) is 5.23. The van der Waals surface area contributed by atoms with Crippen LogP contribution in [0.1, 0.15) is 12.7 Å². The fourth-order valence-corrected chi connectivity index (χ4v) is 3.21. The van der Waals surface area contributed by atoms with E-state index in [1.165, 1.54) is 0 Å². The molecule has 1 aromatic carbocycles. The Labute approximate surface area is 120 Å². The van der Waals surface area contributed by atoms with E-state index in [9.17, 15) is 0 Å². The highest BCUT2D eigenvalue weighted by atomic mass is 35.5. The van der Waals surface area contributed by atoms with Gasteiger partial charge in [0.15, 0.2) is 5.13 Å². The SMILES string of the molecule is CC(Cc1ccco1)Nc1nc2ccc(Cl)cc2s1. The van der Waals surface area contributed by atoms with Crippen molar-refractivity contribution in [3.05, 3.63) is 47.4 Å². The van der Waals surface area contributed by atoms with Crippen LogP contribution in [0.15, 0.2) is 41.0 Å². The Kier molecular flexibility index (Phi) is 3.44. The second-order valence-corrected chi connectivity index (χ2v) is 5.93. The zero-order valence-electron chi connectivity index (χ0n) is 10.4. The van der Waals surface area contributed by atoms with Crippen LogP contribution >= 0.6 is 22.9 Å². The first-order valence-electron chi connectivity index (χ1n) is 6.06. The van der Waals surface area contributed by atoms with Gasteiger partial charge in [0.25, 0.3) is 0 Å². The molecule has 98 valence electrons. The summed E-state index contributed by atoms with van der Waals surface area (Å²) in [5.41, 5.74) is 0.974. The fraction of sp³-hybridized carbons (Fsp3) is 0.214. The van der Waals surface area contributed by atoms with Crippen LogP contribution in [-0.2, 0) is 6.42 Å². The molecular formula is C14H13ClN2OS. The quantitative estimate of drug-likeness (QED) is 0.764. The van der Waals surface area contributed by atoms with Crippen LogP contribution in [0.4, 0.5) is 5.13 Å². The second-order valence-electron chi connectivity index (χ2n) is 4.46. The first kappa shape index (κ1) is 12.5. The highest BCUT2D eigenvalue weighted by molar-refractivity contribution is 7.22. The molecule has 0 amide bonds. The number of aromatic nitrogens is 1. The molecule has 1 unspecified atom stereocenters. The van der Waals surface area contributed by atoms with Gasteiger partial charge >= 0.3 is 0 Å². The summed E-state index contributed by atoms with van der Waals surface area (Å²) < 4.78 is 6.44. The van der Waals surface area contributed by atoms with Crippen molar-refractivity contribution in [3.63, 3.8) is 0 Å². The molecule has 0 saturated carbocycles. The van der Waals surface area contributed by atoms with Crippen molar-refractivity contribution in [2.45, 2.75) is 19.4 Å². The van der Waals surface area contributed by atoms with Crippen molar-refractivity contribution < 1.29 is 4.42 Å². The van der Waals surface area contributed by atoms with E-state index in [-0.39, 0.29) is 6.04 Å². The van der Waals surface area contributed by atoms with Crippen molar-refractivity contribution in [2.75, 3.05) is 5.32 Å². The average Bonchev–Trinajstić information content (AvgIpc) is 2.97. The number of rotatable bonds is 4. The first-order valence-corrected chi connectivity index (χ1v) is 7.25. The average molecular weight is 293 g/mol. The molecule has 0 aliphatic rings. The van der Waals surface area contributed by atoms with Crippen LogP contribution in [0, 0.1) is 0 Å². The van der Waals surface area contributed by atoms with Gasteiger partial charge in [0, 0.05) is 17.5 Å². The molecule has 0 bridgehead atoms. The van der Waals surface area contributed by atoms with Gasteiger partial charge in [0.05, 0.1) is 16.5 Å². The van der Waals surface area contributed by atoms with Crippen LogP contribution in [0.3, 0.4) is 0 Å². The summed E-state index contributed by atoms with van der Waals surface area (Å²) in [6.45, 7) is 2.11. The Bertz CT molecular complexity index is 678. The summed E-state index contributed by atoms with van der Waals surface area (Å²) in [4.78, 5) is 4.54. The van der Waals surface area contributed by atoms with Crippen LogP contribution in [0.5, 0.6) is 0 Å². The van der Waals surface area contributed by atoms with Gasteiger partial charge in [-0.05, 0) is 37.3 Å². The number of nitrogens with one attached hydrogen (secondary N) is 1. The molecule has 1 atom stereocenters. The molecule has 0 aliphatic heterocycles. The lowest BCUT2D eigenvalue weighted by molar-refractivity contribution is 0.498. The third-order valence-corrected chi connectivity index (χ3v) is 3.99. The predicted octanol–water partition coefficient (Wildman–Crippen LogP) is 4.59. The molecule has 0 aliphatic carbocycles. The van der Waals surface area contributed by atoms with Gasteiger partial charge in [-0.25, -0.2) is 4.98 Å². The van der Waals surface area contributed by atoms with Gasteiger partial charge < -0.3 is 9.73 Å². The molecule has 0 saturated heterocycles. The number of hydrogen-bond donors (Lipinski definition) is 1. The number of hydrogen-bond acceptors (Lipinski definition) is 4. The molecule has 2 aromatic heterocycles. The Balaban J connectivity index is 1.74. The van der Waals surface area contributed by atoms with Crippen LogP contribution < -0.4 is 5.32 Å². The normalized spacial score (nSPS) is 12.7. The maximum atomic E-state index is 5.97. The monoisotopic (exact) mass is 292 g/mol. The van der Waals surface area contributed by atoms with Crippen molar-refractivity contribution in [3.8, 4) is 0 Å². The van der Waals surface area contributed by atoms with Crippen molar-refractivity contribution in [1.82, 2.24) is 4.98 Å². The standard InChI is InChI=1S/C14H13ClN2OS/c1-9(7-11-3-2-6-18-11)16-14-17-12-5-4-10(15)8-13(12)19-14/h2-6,8-9H,7H2,1H3,(H,16,17). The molecule has 5 heteroatoms. The number of fused-ring (bicyclic) bond motifs is 1. The molecule has 3 nitrogen and oxygen atoms in total. The van der Waals surface area contributed by atoms with E-state index < -0.39 is 0 Å². The number of anilines is 1. The third-order valence-electron chi connectivity index (χ3n) is 2.81. The van der Waals surface area contributed by atoms with E-state index >= 15 is 0 Å². The number of halogens is 1. The van der Waals surface area contributed by atoms with Crippen LogP contribution in [-0.4, -0.2) is 11.0 Å². The Hall–Kier alpha value is -1.52. The Morgan fingerprint density at radius 1 is 1.42 bits per heavy atom. The highest BCUT2D eigenvalue weighted by Crippen LogP contribution is 2.28. The largest absolute Gasteiger partial charge is 0.469 e. The van der Waals surface area contributed by atoms with E-state index in [2.05, 4.69) is 17.2 Å². The zero-order chi connectivity index (χ0) is 13.2. The number of nitrogens with zero attached hydrogens (tertiary/aromatic N) is 1. The van der Waals surface area contributed by atoms with Crippen molar-refractivity contribution >= 4 is 38.3 Å². The Morgan fingerprint density at radius 2 is 2.32 bits per heavy atom. The lowest BCUT2D eigenvalue weighted by Gasteiger charge is -2.10. The maximum absolute atomic E-state index is 5.97. The van der Waals surface area contributed by atoms with E-state index in [0.29, 0.717) is 0 Å². The van der Waals surface area contributed by atoms with E-state index in [1.54, 1.807) is 17.6 Å². The van der Waals surface area contributed by atoms with Crippen LogP contribution in [0.2, 0.25) is 5.02 Å². The van der Waals surface area contributed by atoms with Gasteiger partial charge in [0.2, 0.25) is 0 Å². The molecule has 19 heavy (non-hydrogen) atoms. The minimum atomic E-state index is 0.266. The molecule has 3 rings (SSSR count). The minimum Gasteiger partial charge on any atom is -0.469 e. The van der Waals surface area contributed by atoms with Gasteiger partial charge in [-0.15, -0.1) is 0 Å². The lowest BCUT2D eigenvalue weighted by atomic mass is 10.2. The van der Waals surface area contributed by atoms with Gasteiger partial charge in [-0.1, -0.05) is 22.9 Å². The topological polar surface area (TPSA) is 38.1 Å². The molecule has 0 spiro atoms. The fourth-order valence-electron chi connectivity index (χ4n) is 1.95. The van der Waals surface area contributed by atoms with Crippen LogP contribution in [0.25, 0.3) is 10.2 Å². The first-order chi connectivity index (χ1) is 9.20. The summed E-state index contributed by atoms with van der Waals surface area (Å²) >= 11 is 7.59. The summed E-state index contributed by atoms with van der Waals surface area (Å²) in [6, 6.07) is 9.90. The number of thiazole rings is 1. The Morgan fingerprint density at radius 3 is 3.11 bits per heavy atom. The smallest absolute Gasteiger partial charge is 0.184 e. The van der Waals surface area contributed by atoms with Gasteiger partial charge in [0.1, 0.15) is 5.76 Å². The molecule has 3 aromatic rings. The maximum Gasteiger partial charge on any atom is 0.184 e. The molecule has 0 radical (unpaired) electrons. The zero-order valence-corrected chi connectivity index (χ0v) is 12.0. The van der Waals surface area contributed by atoms with Crippen molar-refractivity contribution in [1.29, 1.82) is 0 Å².